The van der Waals surface area contributed by atoms with Crippen molar-refractivity contribution in [1.82, 2.24) is 9.78 Å². The smallest absolute Gasteiger partial charge is 0.240 e. The fourth-order valence-corrected chi connectivity index (χ4v) is 3.39. The maximum Gasteiger partial charge on any atom is 0.240 e. The Hall–Kier alpha value is -1.28. The number of rotatable bonds is 9. The van der Waals surface area contributed by atoms with Crippen LogP contribution in [0, 0.1) is 5.92 Å². The van der Waals surface area contributed by atoms with Gasteiger partial charge in [-0.25, -0.2) is 14.7 Å². The van der Waals surface area contributed by atoms with E-state index in [9.17, 15) is 0 Å². The molecular formula is C20H32N2O4S. The molecule has 152 valence electrons. The van der Waals surface area contributed by atoms with E-state index >= 15 is 0 Å². The third-order valence-electron chi connectivity index (χ3n) is 4.24. The van der Waals surface area contributed by atoms with Crippen LogP contribution in [0.1, 0.15) is 25.7 Å². The van der Waals surface area contributed by atoms with E-state index in [0.717, 1.165) is 28.8 Å². The molecule has 1 aromatic heterocycles. The van der Waals surface area contributed by atoms with Gasteiger partial charge in [-0.2, -0.15) is 0 Å². The number of nitrogens with zero attached hydrogens (tertiary/aromatic N) is 2. The molecule has 0 amide bonds. The van der Waals surface area contributed by atoms with Crippen molar-refractivity contribution >= 4 is 20.9 Å². The normalized spacial score (nSPS) is 16.5. The van der Waals surface area contributed by atoms with Crippen molar-refractivity contribution in [2.75, 3.05) is 50.9 Å². The molecular weight excluding hydrogens is 364 g/mol. The molecule has 0 atom stereocenters. The van der Waals surface area contributed by atoms with E-state index < -0.39 is 10.0 Å². The van der Waals surface area contributed by atoms with Crippen LogP contribution in [0.5, 0.6) is 5.88 Å². The van der Waals surface area contributed by atoms with Crippen molar-refractivity contribution in [2.24, 2.45) is 5.92 Å². The lowest BCUT2D eigenvalue weighted by Gasteiger charge is -2.24. The van der Waals surface area contributed by atoms with Crippen LogP contribution in [0.4, 0.5) is 0 Å². The predicted molar refractivity (Wildman–Crippen MR) is 111 cm³/mol. The Labute approximate surface area is 163 Å². The Morgan fingerprint density at radius 2 is 1.96 bits per heavy atom. The average Bonchev–Trinajstić information content (AvgIpc) is 3.24. The number of ether oxygens (including phenoxy) is 4. The SMILES string of the molecule is CC(C)COc1nn(COCCS(C)(C)C)c2ccc(C3OCCO3)cc12. The van der Waals surface area contributed by atoms with Gasteiger partial charge in [0.2, 0.25) is 5.88 Å². The van der Waals surface area contributed by atoms with Crippen molar-refractivity contribution in [2.45, 2.75) is 26.9 Å². The summed E-state index contributed by atoms with van der Waals surface area (Å²) in [6, 6.07) is 6.13. The first kappa shape index (κ1) is 20.5. The van der Waals surface area contributed by atoms with Crippen molar-refractivity contribution in [1.29, 1.82) is 0 Å². The Bertz CT molecular complexity index is 748. The molecule has 1 aromatic carbocycles. The summed E-state index contributed by atoms with van der Waals surface area (Å²) >= 11 is 0. The van der Waals surface area contributed by atoms with E-state index in [4.69, 9.17) is 18.9 Å². The summed E-state index contributed by atoms with van der Waals surface area (Å²) in [6.07, 6.45) is 6.59. The van der Waals surface area contributed by atoms with Crippen LogP contribution >= 0.6 is 10.0 Å². The van der Waals surface area contributed by atoms with Gasteiger partial charge in [0.1, 0.15) is 6.73 Å². The maximum absolute atomic E-state index is 5.97. The summed E-state index contributed by atoms with van der Waals surface area (Å²) in [5.74, 6) is 2.16. The molecule has 0 unspecified atom stereocenters. The minimum absolute atomic E-state index is 0.304. The number of hydrogen-bond donors (Lipinski definition) is 0. The van der Waals surface area contributed by atoms with Gasteiger partial charge >= 0.3 is 0 Å². The number of fused-ring (bicyclic) bond motifs is 1. The van der Waals surface area contributed by atoms with E-state index in [1.165, 1.54) is 0 Å². The zero-order valence-electron chi connectivity index (χ0n) is 17.1. The van der Waals surface area contributed by atoms with Crippen LogP contribution in [0.2, 0.25) is 0 Å². The van der Waals surface area contributed by atoms with Gasteiger partial charge in [-0.3, -0.25) is 0 Å². The maximum atomic E-state index is 5.97. The van der Waals surface area contributed by atoms with E-state index in [2.05, 4.69) is 43.8 Å². The summed E-state index contributed by atoms with van der Waals surface area (Å²) in [5, 5.41) is 5.63. The Morgan fingerprint density at radius 3 is 2.63 bits per heavy atom. The molecule has 2 heterocycles. The molecule has 1 fully saturated rings. The second-order valence-corrected chi connectivity index (χ2v) is 12.8. The first-order valence-electron chi connectivity index (χ1n) is 9.44. The van der Waals surface area contributed by atoms with E-state index in [1.54, 1.807) is 0 Å². The van der Waals surface area contributed by atoms with Gasteiger partial charge < -0.3 is 18.9 Å². The summed E-state index contributed by atoms with van der Waals surface area (Å²) < 4.78 is 25.0. The average molecular weight is 397 g/mol. The predicted octanol–water partition coefficient (Wildman–Crippen LogP) is 3.78. The third kappa shape index (κ3) is 5.60. The van der Waals surface area contributed by atoms with Crippen molar-refractivity contribution in [3.05, 3.63) is 23.8 Å². The molecule has 1 aliphatic rings. The zero-order chi connectivity index (χ0) is 19.4. The lowest BCUT2D eigenvalue weighted by atomic mass is 10.1. The standard InChI is InChI=1S/C20H32N2O4S/c1-15(2)13-26-19-17-12-16(20-24-8-9-25-20)6-7-18(17)22(21-19)14-23-10-11-27(3,4)5/h6-7,12,15,20H,8-11,13-14H2,1-5H3. The van der Waals surface area contributed by atoms with Gasteiger partial charge in [-0.1, -0.05) is 19.9 Å². The molecule has 0 aliphatic carbocycles. The highest BCUT2D eigenvalue weighted by molar-refractivity contribution is 8.32. The molecule has 0 radical (unpaired) electrons. The molecule has 3 rings (SSSR count). The molecule has 27 heavy (non-hydrogen) atoms. The quantitative estimate of drug-likeness (QED) is 0.604. The van der Waals surface area contributed by atoms with Crippen LogP contribution < -0.4 is 4.74 Å². The largest absolute Gasteiger partial charge is 0.476 e. The molecule has 0 bridgehead atoms. The van der Waals surface area contributed by atoms with E-state index in [0.29, 0.717) is 38.3 Å². The Morgan fingerprint density at radius 1 is 1.22 bits per heavy atom. The van der Waals surface area contributed by atoms with Gasteiger partial charge in [-0.15, -0.1) is 5.10 Å². The number of aromatic nitrogens is 2. The minimum atomic E-state index is -0.556. The van der Waals surface area contributed by atoms with Gasteiger partial charge in [0.25, 0.3) is 0 Å². The first-order valence-corrected chi connectivity index (χ1v) is 12.5. The number of benzene rings is 1. The second kappa shape index (κ2) is 8.82. The van der Waals surface area contributed by atoms with E-state index in [1.807, 2.05) is 16.8 Å². The van der Waals surface area contributed by atoms with Crippen LogP contribution in [-0.4, -0.2) is 60.7 Å². The third-order valence-corrected chi connectivity index (χ3v) is 5.63. The van der Waals surface area contributed by atoms with Crippen LogP contribution in [0.25, 0.3) is 10.9 Å². The molecule has 1 aliphatic heterocycles. The highest BCUT2D eigenvalue weighted by Gasteiger charge is 2.21. The van der Waals surface area contributed by atoms with Gasteiger partial charge in [0.15, 0.2) is 6.29 Å². The fraction of sp³-hybridized carbons (Fsp3) is 0.650. The zero-order valence-corrected chi connectivity index (χ0v) is 17.9. The summed E-state index contributed by atoms with van der Waals surface area (Å²) in [7, 11) is -0.556. The monoisotopic (exact) mass is 396 g/mol. The summed E-state index contributed by atoms with van der Waals surface area (Å²) in [4.78, 5) is 0. The highest BCUT2D eigenvalue weighted by Crippen LogP contribution is 2.34. The molecule has 1 saturated heterocycles. The molecule has 0 spiro atoms. The topological polar surface area (TPSA) is 54.7 Å². The Kier molecular flexibility index (Phi) is 6.68. The second-order valence-electron chi connectivity index (χ2n) is 8.19. The summed E-state index contributed by atoms with van der Waals surface area (Å²) in [6.45, 7) is 7.30. The first-order chi connectivity index (χ1) is 12.8. The van der Waals surface area contributed by atoms with Crippen molar-refractivity contribution in [3.63, 3.8) is 0 Å². The van der Waals surface area contributed by atoms with Crippen LogP contribution in [-0.2, 0) is 20.9 Å². The van der Waals surface area contributed by atoms with Gasteiger partial charge in [-0.05, 0) is 36.8 Å². The van der Waals surface area contributed by atoms with Gasteiger partial charge in [0.05, 0.1) is 37.3 Å². The Balaban J connectivity index is 1.80. The van der Waals surface area contributed by atoms with Crippen LogP contribution in [0.15, 0.2) is 18.2 Å². The lowest BCUT2D eigenvalue weighted by molar-refractivity contribution is -0.0440. The molecule has 0 saturated carbocycles. The molecule has 6 nitrogen and oxygen atoms in total. The lowest BCUT2D eigenvalue weighted by Crippen LogP contribution is -2.11. The van der Waals surface area contributed by atoms with Crippen molar-refractivity contribution in [3.8, 4) is 5.88 Å². The molecule has 0 N–H and O–H groups in total. The fourth-order valence-electron chi connectivity index (χ4n) is 2.78. The molecule has 7 heteroatoms. The van der Waals surface area contributed by atoms with Crippen LogP contribution in [0.3, 0.4) is 0 Å². The number of hydrogen-bond acceptors (Lipinski definition) is 5. The highest BCUT2D eigenvalue weighted by atomic mass is 32.3. The van der Waals surface area contributed by atoms with E-state index in [-0.39, 0.29) is 6.29 Å². The van der Waals surface area contributed by atoms with Gasteiger partial charge in [0, 0.05) is 11.3 Å². The van der Waals surface area contributed by atoms with Crippen molar-refractivity contribution < 1.29 is 18.9 Å². The summed E-state index contributed by atoms with van der Waals surface area (Å²) in [5.41, 5.74) is 1.99. The molecule has 2 aromatic rings. The minimum Gasteiger partial charge on any atom is -0.476 e.